The topological polar surface area (TPSA) is 43.4 Å². The van der Waals surface area contributed by atoms with Crippen molar-refractivity contribution < 1.29 is 26.1 Å². The van der Waals surface area contributed by atoms with Crippen LogP contribution < -0.4 is 0 Å². The van der Waals surface area contributed by atoms with Crippen molar-refractivity contribution in [1.29, 1.82) is 0 Å². The van der Waals surface area contributed by atoms with Gasteiger partial charge in [0, 0.05) is 5.92 Å². The van der Waals surface area contributed by atoms with Gasteiger partial charge in [0.05, 0.1) is 0 Å². The standard InChI is InChI=1S/C4H5F3O3S/c5-4(6,3-1-2-3)11(8,9)10-7/h3H,1-2H2. The predicted octanol–water partition coefficient (Wildman–Crippen LogP) is 1.22. The molecule has 3 nitrogen and oxygen atoms in total. The van der Waals surface area contributed by atoms with E-state index in [9.17, 15) is 21.7 Å². The van der Waals surface area contributed by atoms with Crippen molar-refractivity contribution in [2.45, 2.75) is 18.1 Å². The van der Waals surface area contributed by atoms with Crippen LogP contribution in [0.2, 0.25) is 0 Å². The Morgan fingerprint density at radius 1 is 1.36 bits per heavy atom. The Balaban J connectivity index is 2.86. The smallest absolute Gasteiger partial charge is 0.190 e. The zero-order chi connectivity index (χ0) is 8.70. The summed E-state index contributed by atoms with van der Waals surface area (Å²) in [6, 6.07) is 0. The minimum absolute atomic E-state index is 0.0928. The second kappa shape index (κ2) is 2.34. The molecule has 0 bridgehead atoms. The molecule has 0 N–H and O–H groups in total. The monoisotopic (exact) mass is 190 g/mol. The molecule has 1 fully saturated rings. The number of alkyl halides is 2. The van der Waals surface area contributed by atoms with Gasteiger partial charge in [0.2, 0.25) is 0 Å². The van der Waals surface area contributed by atoms with E-state index in [0.717, 1.165) is 0 Å². The first-order valence-corrected chi connectivity index (χ1v) is 4.25. The third-order valence-electron chi connectivity index (χ3n) is 1.47. The SMILES string of the molecule is O=S(=O)(OF)C(F)(F)C1CC1. The second-order valence-electron chi connectivity index (χ2n) is 2.35. The molecule has 1 aliphatic rings. The van der Waals surface area contributed by atoms with Gasteiger partial charge in [0.25, 0.3) is 0 Å². The molecule has 1 rings (SSSR count). The van der Waals surface area contributed by atoms with Crippen LogP contribution in [0.3, 0.4) is 0 Å². The van der Waals surface area contributed by atoms with Crippen LogP contribution in [0.25, 0.3) is 0 Å². The van der Waals surface area contributed by atoms with E-state index in [0.29, 0.717) is 0 Å². The predicted molar refractivity (Wildman–Crippen MR) is 28.8 cm³/mol. The van der Waals surface area contributed by atoms with E-state index in [1.165, 1.54) is 0 Å². The Kier molecular flexibility index (Phi) is 1.87. The average molecular weight is 190 g/mol. The van der Waals surface area contributed by atoms with Gasteiger partial charge in [0.15, 0.2) is 0 Å². The van der Waals surface area contributed by atoms with Crippen molar-refractivity contribution >= 4 is 10.1 Å². The van der Waals surface area contributed by atoms with Gasteiger partial charge in [-0.1, -0.05) is 4.39 Å². The minimum atomic E-state index is -5.33. The van der Waals surface area contributed by atoms with E-state index in [-0.39, 0.29) is 12.8 Å². The molecule has 0 aromatic rings. The lowest BCUT2D eigenvalue weighted by atomic mass is 10.5. The van der Waals surface area contributed by atoms with Crippen molar-refractivity contribution in [3.8, 4) is 0 Å². The van der Waals surface area contributed by atoms with E-state index >= 15 is 0 Å². The molecule has 0 atom stereocenters. The fourth-order valence-electron chi connectivity index (χ4n) is 0.666. The summed E-state index contributed by atoms with van der Waals surface area (Å²) >= 11 is 0. The molecule has 0 heterocycles. The Hall–Kier alpha value is -0.300. The molecule has 11 heavy (non-hydrogen) atoms. The van der Waals surface area contributed by atoms with Crippen LogP contribution in [0.15, 0.2) is 0 Å². The van der Waals surface area contributed by atoms with Gasteiger partial charge in [-0.05, 0) is 17.4 Å². The van der Waals surface area contributed by atoms with Crippen molar-refractivity contribution in [2.75, 3.05) is 0 Å². The summed E-state index contributed by atoms with van der Waals surface area (Å²) in [5, 5.41) is -4.07. The summed E-state index contributed by atoms with van der Waals surface area (Å²) in [4.78, 5) is 0. The van der Waals surface area contributed by atoms with Gasteiger partial charge in [-0.15, -0.1) is 0 Å². The zero-order valence-corrected chi connectivity index (χ0v) is 6.07. The van der Waals surface area contributed by atoms with Gasteiger partial charge in [-0.2, -0.15) is 17.2 Å². The number of hydrogen-bond acceptors (Lipinski definition) is 3. The second-order valence-corrected chi connectivity index (χ2v) is 3.93. The maximum Gasteiger partial charge on any atom is 0.375 e. The highest BCUT2D eigenvalue weighted by Gasteiger charge is 2.58. The van der Waals surface area contributed by atoms with E-state index in [2.05, 4.69) is 4.39 Å². The lowest BCUT2D eigenvalue weighted by Gasteiger charge is -2.10. The Morgan fingerprint density at radius 3 is 2.09 bits per heavy atom. The number of halogens is 3. The lowest BCUT2D eigenvalue weighted by molar-refractivity contribution is -0.0333. The first-order chi connectivity index (χ1) is 4.92. The summed E-state index contributed by atoms with van der Waals surface area (Å²) in [6.07, 6.45) is 0.186. The third-order valence-corrected chi connectivity index (χ3v) is 2.63. The van der Waals surface area contributed by atoms with E-state index in [4.69, 9.17) is 0 Å². The highest BCUT2D eigenvalue weighted by Crippen LogP contribution is 2.46. The minimum Gasteiger partial charge on any atom is -0.190 e. The van der Waals surface area contributed by atoms with Crippen molar-refractivity contribution in [1.82, 2.24) is 0 Å². The van der Waals surface area contributed by atoms with Gasteiger partial charge >= 0.3 is 15.4 Å². The first-order valence-electron chi connectivity index (χ1n) is 2.84. The van der Waals surface area contributed by atoms with Crippen molar-refractivity contribution in [3.05, 3.63) is 0 Å². The molecule has 0 radical (unpaired) electrons. The summed E-state index contributed by atoms with van der Waals surface area (Å²) < 4.78 is 58.5. The molecule has 1 aliphatic carbocycles. The number of hydrogen-bond donors (Lipinski definition) is 0. The fourth-order valence-corrected chi connectivity index (χ4v) is 1.39. The summed E-state index contributed by atoms with van der Waals surface area (Å²) in [7, 11) is -5.33. The summed E-state index contributed by atoms with van der Waals surface area (Å²) in [5.74, 6) is -1.27. The molecule has 0 spiro atoms. The zero-order valence-electron chi connectivity index (χ0n) is 5.26. The first kappa shape index (κ1) is 8.79. The third kappa shape index (κ3) is 1.34. The molecule has 1 saturated carbocycles. The highest BCUT2D eigenvalue weighted by molar-refractivity contribution is 7.87. The molecule has 0 aromatic heterocycles. The normalized spacial score (nSPS) is 20.3. The molecule has 0 saturated heterocycles. The van der Waals surface area contributed by atoms with E-state index < -0.39 is 21.3 Å². The van der Waals surface area contributed by atoms with Crippen LogP contribution in [0.4, 0.5) is 13.3 Å². The van der Waals surface area contributed by atoms with Gasteiger partial charge < -0.3 is 0 Å². The maximum absolute atomic E-state index is 12.4. The van der Waals surface area contributed by atoms with Gasteiger partial charge in [0.1, 0.15) is 0 Å². The molecule has 0 unspecified atom stereocenters. The van der Waals surface area contributed by atoms with Crippen LogP contribution >= 0.6 is 0 Å². The van der Waals surface area contributed by atoms with E-state index in [1.54, 1.807) is 0 Å². The Morgan fingerprint density at radius 2 is 1.82 bits per heavy atom. The highest BCUT2D eigenvalue weighted by atomic mass is 32.2. The van der Waals surface area contributed by atoms with Gasteiger partial charge in [-0.3, -0.25) is 0 Å². The average Bonchev–Trinajstić information content (AvgIpc) is 2.68. The van der Waals surface area contributed by atoms with E-state index in [1.807, 2.05) is 0 Å². The van der Waals surface area contributed by atoms with Crippen molar-refractivity contribution in [3.63, 3.8) is 0 Å². The van der Waals surface area contributed by atoms with Crippen LogP contribution in [0, 0.1) is 5.92 Å². The van der Waals surface area contributed by atoms with Gasteiger partial charge in [-0.25, -0.2) is 0 Å². The van der Waals surface area contributed by atoms with Crippen LogP contribution in [0.1, 0.15) is 12.8 Å². The molecule has 66 valence electrons. The molecule has 0 aromatic carbocycles. The molecule has 0 aliphatic heterocycles. The van der Waals surface area contributed by atoms with Crippen molar-refractivity contribution in [2.24, 2.45) is 5.92 Å². The number of rotatable bonds is 3. The lowest BCUT2D eigenvalue weighted by Crippen LogP contribution is -2.31. The Bertz CT molecular complexity index is 243. The molecular formula is C4H5F3O3S. The van der Waals surface area contributed by atoms with Crippen LogP contribution in [-0.4, -0.2) is 13.7 Å². The molecule has 7 heteroatoms. The maximum atomic E-state index is 12.4. The largest absolute Gasteiger partial charge is 0.375 e. The summed E-state index contributed by atoms with van der Waals surface area (Å²) in [6.45, 7) is 0. The molecule has 0 amide bonds. The summed E-state index contributed by atoms with van der Waals surface area (Å²) in [5.41, 5.74) is 0. The molecular weight excluding hydrogens is 185 g/mol. The fraction of sp³-hybridized carbons (Fsp3) is 1.00. The van der Waals surface area contributed by atoms with Crippen LogP contribution in [-0.2, 0) is 14.5 Å². The van der Waals surface area contributed by atoms with Crippen LogP contribution in [0.5, 0.6) is 0 Å². The quantitative estimate of drug-likeness (QED) is 0.672. The Labute approximate surface area is 61.2 Å².